The molecule has 0 aliphatic heterocycles. The highest BCUT2D eigenvalue weighted by Gasteiger charge is 2.56. The molecule has 0 unspecified atom stereocenters. The van der Waals surface area contributed by atoms with Gasteiger partial charge in [-0.15, -0.1) is 0 Å². The number of aliphatic hydroxyl groups is 2. The highest BCUT2D eigenvalue weighted by molar-refractivity contribution is 5.91. The second kappa shape index (κ2) is 9.70. The molecule has 32 heavy (non-hydrogen) atoms. The molecule has 0 spiro atoms. The number of allylic oxidation sites excluding steroid dienone is 1. The summed E-state index contributed by atoms with van der Waals surface area (Å²) in [6.45, 7) is 12.9. The Morgan fingerprint density at radius 1 is 1.16 bits per heavy atom. The fourth-order valence-corrected chi connectivity index (χ4v) is 7.44. The molecule has 0 heterocycles. The van der Waals surface area contributed by atoms with Crippen molar-refractivity contribution in [2.45, 2.75) is 99.0 Å². The van der Waals surface area contributed by atoms with Crippen LogP contribution in [0.25, 0.3) is 0 Å². The van der Waals surface area contributed by atoms with Gasteiger partial charge in [-0.2, -0.15) is 0 Å². The van der Waals surface area contributed by atoms with Crippen molar-refractivity contribution in [3.05, 3.63) is 11.6 Å². The minimum atomic E-state index is -0.436. The fraction of sp³-hybridized carbons (Fsp3) is 0.857. The Balaban J connectivity index is 1.82. The van der Waals surface area contributed by atoms with Crippen LogP contribution in [0.4, 0.5) is 0 Å². The summed E-state index contributed by atoms with van der Waals surface area (Å²) in [5.74, 6) is 1.96. The van der Waals surface area contributed by atoms with E-state index in [1.807, 2.05) is 6.92 Å². The topological polar surface area (TPSA) is 74.6 Å². The normalized spacial score (nSPS) is 39.5. The van der Waals surface area contributed by atoms with Gasteiger partial charge in [0.2, 0.25) is 0 Å². The van der Waals surface area contributed by atoms with Crippen molar-refractivity contribution in [1.82, 2.24) is 0 Å². The van der Waals surface area contributed by atoms with E-state index in [1.54, 1.807) is 0 Å². The van der Waals surface area contributed by atoms with Gasteiger partial charge in [-0.25, -0.2) is 0 Å². The second-order valence-electron chi connectivity index (χ2n) is 12.1. The molecule has 0 bridgehead atoms. The average Bonchev–Trinajstić information content (AvgIpc) is 3.06. The van der Waals surface area contributed by atoms with Crippen LogP contribution in [0.1, 0.15) is 92.9 Å². The predicted molar refractivity (Wildman–Crippen MR) is 128 cm³/mol. The van der Waals surface area contributed by atoms with Crippen molar-refractivity contribution in [3.8, 4) is 0 Å². The summed E-state index contributed by atoms with van der Waals surface area (Å²) in [4.78, 5) is 26.7. The monoisotopic (exact) mass is 446 g/mol. The van der Waals surface area contributed by atoms with Gasteiger partial charge < -0.3 is 10.2 Å². The molecule has 2 saturated carbocycles. The van der Waals surface area contributed by atoms with Crippen LogP contribution in [0.15, 0.2) is 11.6 Å². The molecule has 2 fully saturated rings. The number of carbonyl (C=O) groups excluding carboxylic acids is 2. The van der Waals surface area contributed by atoms with Gasteiger partial charge in [0.05, 0.1) is 6.10 Å². The van der Waals surface area contributed by atoms with E-state index in [-0.39, 0.29) is 41.8 Å². The third-order valence-corrected chi connectivity index (χ3v) is 9.98. The average molecular weight is 447 g/mol. The zero-order valence-corrected chi connectivity index (χ0v) is 21.2. The lowest BCUT2D eigenvalue weighted by atomic mass is 9.55. The lowest BCUT2D eigenvalue weighted by Gasteiger charge is -2.48. The van der Waals surface area contributed by atoms with Crippen LogP contribution in [-0.2, 0) is 9.59 Å². The van der Waals surface area contributed by atoms with Gasteiger partial charge in [-0.1, -0.05) is 46.3 Å². The number of fused-ring (bicyclic) bond motifs is 1. The molecule has 4 nitrogen and oxygen atoms in total. The van der Waals surface area contributed by atoms with E-state index in [0.29, 0.717) is 49.1 Å². The minimum absolute atomic E-state index is 0.0157. The molecule has 8 atom stereocenters. The summed E-state index contributed by atoms with van der Waals surface area (Å²) in [5, 5.41) is 20.1. The first kappa shape index (κ1) is 25.6. The number of aliphatic hydroxyl groups excluding tert-OH is 2. The lowest BCUT2D eigenvalue weighted by Crippen LogP contribution is -2.47. The molecule has 0 radical (unpaired) electrons. The largest absolute Gasteiger partial charge is 0.396 e. The lowest BCUT2D eigenvalue weighted by molar-refractivity contribution is -0.137. The first-order valence-electron chi connectivity index (χ1n) is 13.0. The molecular weight excluding hydrogens is 400 g/mol. The molecule has 0 aromatic carbocycles. The molecular formula is C28H46O4. The Bertz CT molecular complexity index is 740. The number of hydrogen-bond donors (Lipinski definition) is 2. The SMILES string of the molecule is CC(C)[C@@H](C)C(=O)C[C@@H](C)[C@H]1CC[C@@H]([C@@H]2CC=C3C[C@@H](O)CC[C@]3(C)C2=O)[C@]1(C)CCO. The maximum atomic E-state index is 13.8. The summed E-state index contributed by atoms with van der Waals surface area (Å²) >= 11 is 0. The van der Waals surface area contributed by atoms with Crippen molar-refractivity contribution >= 4 is 11.6 Å². The van der Waals surface area contributed by atoms with E-state index in [9.17, 15) is 19.8 Å². The van der Waals surface area contributed by atoms with E-state index in [0.717, 1.165) is 31.3 Å². The number of ketones is 2. The molecule has 3 rings (SSSR count). The summed E-state index contributed by atoms with van der Waals surface area (Å²) in [6, 6.07) is 0. The smallest absolute Gasteiger partial charge is 0.146 e. The molecule has 4 heteroatoms. The highest BCUT2D eigenvalue weighted by Crippen LogP contribution is 2.59. The summed E-state index contributed by atoms with van der Waals surface area (Å²) < 4.78 is 0. The maximum absolute atomic E-state index is 13.8. The predicted octanol–water partition coefficient (Wildman–Crippen LogP) is 5.36. The van der Waals surface area contributed by atoms with Crippen molar-refractivity contribution in [2.75, 3.05) is 6.61 Å². The van der Waals surface area contributed by atoms with Gasteiger partial charge in [-0.3, -0.25) is 9.59 Å². The first-order chi connectivity index (χ1) is 15.0. The Morgan fingerprint density at radius 2 is 1.84 bits per heavy atom. The van der Waals surface area contributed by atoms with Gasteiger partial charge in [-0.05, 0) is 81.0 Å². The fourth-order valence-electron chi connectivity index (χ4n) is 7.44. The second-order valence-corrected chi connectivity index (χ2v) is 12.1. The van der Waals surface area contributed by atoms with E-state index in [1.165, 1.54) is 0 Å². The van der Waals surface area contributed by atoms with Crippen LogP contribution >= 0.6 is 0 Å². The quantitative estimate of drug-likeness (QED) is 0.493. The highest BCUT2D eigenvalue weighted by atomic mass is 16.3. The number of carbonyl (C=O) groups is 2. The Kier molecular flexibility index (Phi) is 7.77. The van der Waals surface area contributed by atoms with Gasteiger partial charge >= 0.3 is 0 Å². The molecule has 0 aromatic heterocycles. The molecule has 0 amide bonds. The third kappa shape index (κ3) is 4.51. The number of rotatable bonds is 8. The van der Waals surface area contributed by atoms with Gasteiger partial charge in [0, 0.05) is 30.3 Å². The number of Topliss-reactive ketones (excluding diaryl/α,β-unsaturated/α-hetero) is 2. The Morgan fingerprint density at radius 3 is 2.47 bits per heavy atom. The molecule has 0 aromatic rings. The van der Waals surface area contributed by atoms with Gasteiger partial charge in [0.15, 0.2) is 0 Å². The van der Waals surface area contributed by atoms with Crippen LogP contribution in [0, 0.1) is 46.3 Å². The molecule has 3 aliphatic carbocycles. The Hall–Kier alpha value is -1.00. The molecule has 182 valence electrons. The van der Waals surface area contributed by atoms with Gasteiger partial charge in [0.25, 0.3) is 0 Å². The maximum Gasteiger partial charge on any atom is 0.146 e. The van der Waals surface area contributed by atoms with Crippen LogP contribution in [-0.4, -0.2) is 34.5 Å². The van der Waals surface area contributed by atoms with Crippen LogP contribution in [0.5, 0.6) is 0 Å². The van der Waals surface area contributed by atoms with E-state index in [2.05, 4.69) is 40.7 Å². The van der Waals surface area contributed by atoms with E-state index in [4.69, 9.17) is 0 Å². The van der Waals surface area contributed by atoms with E-state index >= 15 is 0 Å². The van der Waals surface area contributed by atoms with Crippen molar-refractivity contribution in [2.24, 2.45) is 46.3 Å². The molecule has 3 aliphatic rings. The van der Waals surface area contributed by atoms with Crippen molar-refractivity contribution in [3.63, 3.8) is 0 Å². The van der Waals surface area contributed by atoms with Crippen LogP contribution < -0.4 is 0 Å². The Labute approximate surface area is 195 Å². The minimum Gasteiger partial charge on any atom is -0.396 e. The molecule has 0 saturated heterocycles. The van der Waals surface area contributed by atoms with E-state index < -0.39 is 5.41 Å². The third-order valence-electron chi connectivity index (χ3n) is 9.98. The molecule has 2 N–H and O–H groups in total. The summed E-state index contributed by atoms with van der Waals surface area (Å²) in [5.41, 5.74) is 0.568. The van der Waals surface area contributed by atoms with Gasteiger partial charge in [0.1, 0.15) is 11.6 Å². The van der Waals surface area contributed by atoms with Crippen LogP contribution in [0.2, 0.25) is 0 Å². The zero-order chi connectivity index (χ0) is 23.8. The van der Waals surface area contributed by atoms with Crippen molar-refractivity contribution < 1.29 is 19.8 Å². The summed E-state index contributed by atoms with van der Waals surface area (Å²) in [6.07, 6.45) is 8.06. The van der Waals surface area contributed by atoms with Crippen LogP contribution in [0.3, 0.4) is 0 Å². The zero-order valence-electron chi connectivity index (χ0n) is 21.2. The number of hydrogen-bond acceptors (Lipinski definition) is 4. The van der Waals surface area contributed by atoms with Crippen molar-refractivity contribution in [1.29, 1.82) is 0 Å². The standard InChI is InChI=1S/C28H46O4/c1-17(2)19(4)25(31)15-18(3)23-9-10-24(28(23,6)13-14-29)22-8-7-20-16-21(30)11-12-27(20,5)26(22)32/h7,17-19,21-24,29-30H,8-16H2,1-6H3/t18-,19-,21+,22+,23-,24+,27+,28-/m1/s1. The summed E-state index contributed by atoms with van der Waals surface area (Å²) in [7, 11) is 0. The first-order valence-corrected chi connectivity index (χ1v) is 13.0.